The maximum absolute atomic E-state index is 11.4. The second kappa shape index (κ2) is 21.3. The lowest BCUT2D eigenvalue weighted by molar-refractivity contribution is -0.139. The number of H-pyrrole nitrogens is 3. The summed E-state index contributed by atoms with van der Waals surface area (Å²) in [4.78, 5) is 42.5. The SMILES string of the molecule is C.CC(C)(C)O.CC(C)(C)c1cc(C(C)(C)C)c2[nH]c(C(C)(C)C)c(C[C@H](N)C(=O)O)c2c1.N[C@@H](Cc1c[nH]c2ccccc12)C(=O)O.N[C@@H](Cc1c[nH]c2ccccc12)C(=O)O. The van der Waals surface area contributed by atoms with Crippen molar-refractivity contribution in [3.8, 4) is 0 Å². The lowest BCUT2D eigenvalue weighted by atomic mass is 9.79. The van der Waals surface area contributed by atoms with Crippen molar-refractivity contribution in [1.29, 1.82) is 0 Å². The van der Waals surface area contributed by atoms with Crippen molar-refractivity contribution in [2.24, 2.45) is 17.2 Å². The zero-order valence-electron chi connectivity index (χ0n) is 38.5. The summed E-state index contributed by atoms with van der Waals surface area (Å²) in [6, 6.07) is 17.4. The number of carbonyl (C=O) groups is 3. The molecule has 0 bridgehead atoms. The van der Waals surface area contributed by atoms with Crippen molar-refractivity contribution in [3.63, 3.8) is 0 Å². The van der Waals surface area contributed by atoms with Crippen LogP contribution >= 0.6 is 0 Å². The molecule has 3 atom stereocenters. The number of rotatable bonds is 9. The standard InChI is InChI=1S/C23H36N2O2.2C11H12N2O2.C4H10O.CH4/c1-21(2,3)13-10-14-15(12-17(24)20(26)27)19(23(7,8)9)25-18(14)16(11-13)22(4,5)6;2*12-9(11(14)15)5-7-6-13-10-4-2-1-3-8(7)10;1-4(2,3)5;/h10-11,17,25H,12,24H2,1-9H3,(H,26,27);2*1-4,6,9,13H,5,12H2,(H,14,15);5H,1-3H3;1H4/t17-;2*9-;;/m000../s1. The normalized spacial score (nSPS) is 13.3. The van der Waals surface area contributed by atoms with Gasteiger partial charge in [-0.05, 0) is 77.6 Å². The van der Waals surface area contributed by atoms with E-state index in [2.05, 4.69) is 89.4 Å². The molecular weight excluding hydrogens is 797 g/mol. The number of carboxylic acids is 3. The van der Waals surface area contributed by atoms with Crippen LogP contribution in [0.5, 0.6) is 0 Å². The largest absolute Gasteiger partial charge is 0.480 e. The minimum atomic E-state index is -0.972. The van der Waals surface area contributed by atoms with E-state index in [-0.39, 0.29) is 23.7 Å². The Balaban J connectivity index is 0.000000323. The highest BCUT2D eigenvalue weighted by molar-refractivity contribution is 5.91. The number of aromatic amines is 3. The van der Waals surface area contributed by atoms with Gasteiger partial charge in [-0.2, -0.15) is 0 Å². The number of aliphatic hydroxyl groups is 1. The van der Waals surface area contributed by atoms with Crippen LogP contribution in [-0.2, 0) is 49.9 Å². The number of aromatic nitrogens is 3. The number of nitrogens with two attached hydrogens (primary N) is 3. The van der Waals surface area contributed by atoms with Crippen molar-refractivity contribution in [3.05, 3.63) is 107 Å². The predicted octanol–water partition coefficient (Wildman–Crippen LogP) is 8.67. The molecule has 13 nitrogen and oxygen atoms in total. The van der Waals surface area contributed by atoms with Crippen LogP contribution in [-0.4, -0.2) is 77.0 Å². The Morgan fingerprint density at radius 1 is 0.571 bits per heavy atom. The fourth-order valence-electron chi connectivity index (χ4n) is 6.78. The van der Waals surface area contributed by atoms with Gasteiger partial charge in [0, 0.05) is 75.5 Å². The summed E-state index contributed by atoms with van der Waals surface area (Å²) in [6.07, 6.45) is 4.64. The Labute approximate surface area is 372 Å². The molecule has 0 unspecified atom stereocenters. The van der Waals surface area contributed by atoms with Crippen molar-refractivity contribution in [2.45, 2.75) is 150 Å². The highest BCUT2D eigenvalue weighted by atomic mass is 16.4. The molecule has 346 valence electrons. The van der Waals surface area contributed by atoms with E-state index in [0.29, 0.717) is 19.3 Å². The molecule has 13 heteroatoms. The van der Waals surface area contributed by atoms with Crippen LogP contribution < -0.4 is 17.2 Å². The molecule has 13 N–H and O–H groups in total. The molecule has 0 amide bonds. The molecule has 3 aromatic heterocycles. The first-order chi connectivity index (χ1) is 28.4. The van der Waals surface area contributed by atoms with Crippen LogP contribution in [0, 0.1) is 0 Å². The third-order valence-electron chi connectivity index (χ3n) is 10.0. The number of fused-ring (bicyclic) bond motifs is 3. The highest BCUT2D eigenvalue weighted by Crippen LogP contribution is 2.40. The van der Waals surface area contributed by atoms with E-state index in [1.54, 1.807) is 20.8 Å². The number of benzene rings is 3. The van der Waals surface area contributed by atoms with E-state index in [1.165, 1.54) is 11.1 Å². The molecule has 63 heavy (non-hydrogen) atoms. The molecule has 0 saturated carbocycles. The molecule has 3 heterocycles. The summed E-state index contributed by atoms with van der Waals surface area (Å²) >= 11 is 0. The number of hydrogen-bond donors (Lipinski definition) is 10. The van der Waals surface area contributed by atoms with Gasteiger partial charge in [-0.25, -0.2) is 0 Å². The minimum Gasteiger partial charge on any atom is -0.480 e. The summed E-state index contributed by atoms with van der Waals surface area (Å²) in [5, 5.41) is 38.5. The summed E-state index contributed by atoms with van der Waals surface area (Å²) < 4.78 is 0. The monoisotopic (exact) mass is 871 g/mol. The fourth-order valence-corrected chi connectivity index (χ4v) is 6.78. The number of hydrogen-bond acceptors (Lipinski definition) is 7. The van der Waals surface area contributed by atoms with Gasteiger partial charge in [0.1, 0.15) is 18.1 Å². The second-order valence-electron chi connectivity index (χ2n) is 20.0. The molecule has 0 fully saturated rings. The van der Waals surface area contributed by atoms with Crippen molar-refractivity contribution < 1.29 is 34.8 Å². The summed E-state index contributed by atoms with van der Waals surface area (Å²) in [5.41, 5.74) is 25.9. The van der Waals surface area contributed by atoms with E-state index in [0.717, 1.165) is 55.1 Å². The van der Waals surface area contributed by atoms with Crippen LogP contribution in [0.1, 0.15) is 124 Å². The van der Waals surface area contributed by atoms with Crippen molar-refractivity contribution in [1.82, 2.24) is 15.0 Å². The first-order valence-electron chi connectivity index (χ1n) is 20.9. The van der Waals surface area contributed by atoms with Gasteiger partial charge in [0.05, 0.1) is 5.60 Å². The van der Waals surface area contributed by atoms with Crippen LogP contribution in [0.3, 0.4) is 0 Å². The summed E-state index contributed by atoms with van der Waals surface area (Å²) in [5.74, 6) is -2.91. The Bertz CT molecular complexity index is 2350. The first-order valence-corrected chi connectivity index (χ1v) is 20.9. The summed E-state index contributed by atoms with van der Waals surface area (Å²) in [7, 11) is 0. The molecule has 0 spiro atoms. The van der Waals surface area contributed by atoms with Gasteiger partial charge in [-0.1, -0.05) is 112 Å². The van der Waals surface area contributed by atoms with Crippen molar-refractivity contribution in [2.75, 3.05) is 0 Å². The van der Waals surface area contributed by atoms with E-state index in [9.17, 15) is 19.5 Å². The third kappa shape index (κ3) is 15.4. The number of para-hydroxylation sites is 2. The Hall–Kier alpha value is -5.47. The summed E-state index contributed by atoms with van der Waals surface area (Å²) in [6.45, 7) is 24.9. The molecule has 3 aromatic carbocycles. The Morgan fingerprint density at radius 2 is 0.952 bits per heavy atom. The lowest BCUT2D eigenvalue weighted by Gasteiger charge is -2.26. The van der Waals surface area contributed by atoms with Gasteiger partial charge >= 0.3 is 17.9 Å². The predicted molar refractivity (Wildman–Crippen MR) is 258 cm³/mol. The van der Waals surface area contributed by atoms with Crippen LogP contribution in [0.15, 0.2) is 73.1 Å². The first kappa shape index (κ1) is 53.7. The van der Waals surface area contributed by atoms with Crippen LogP contribution in [0.25, 0.3) is 32.7 Å². The van der Waals surface area contributed by atoms with Crippen LogP contribution in [0.4, 0.5) is 0 Å². The van der Waals surface area contributed by atoms with Gasteiger partial charge < -0.3 is 52.6 Å². The maximum Gasteiger partial charge on any atom is 0.320 e. The molecule has 0 aliphatic rings. The number of carboxylic acid groups (broad SMARTS) is 3. The maximum atomic E-state index is 11.4. The zero-order valence-corrected chi connectivity index (χ0v) is 38.5. The van der Waals surface area contributed by atoms with Gasteiger partial charge in [0.2, 0.25) is 0 Å². The second-order valence-corrected chi connectivity index (χ2v) is 20.0. The molecule has 0 radical (unpaired) electrons. The minimum absolute atomic E-state index is 0. The van der Waals surface area contributed by atoms with Crippen molar-refractivity contribution >= 4 is 50.6 Å². The quantitative estimate of drug-likeness (QED) is 0.0661. The molecular formula is C50H74N6O7. The highest BCUT2D eigenvalue weighted by Gasteiger charge is 2.30. The molecule has 6 rings (SSSR count). The third-order valence-corrected chi connectivity index (χ3v) is 10.0. The van der Waals surface area contributed by atoms with Crippen LogP contribution in [0.2, 0.25) is 0 Å². The molecule has 6 aromatic rings. The fraction of sp³-hybridized carbons (Fsp3) is 0.460. The van der Waals surface area contributed by atoms with Gasteiger partial charge in [-0.15, -0.1) is 0 Å². The average molecular weight is 871 g/mol. The number of nitrogens with one attached hydrogen (secondary N) is 3. The van der Waals surface area contributed by atoms with Gasteiger partial charge in [0.15, 0.2) is 0 Å². The van der Waals surface area contributed by atoms with E-state index in [1.807, 2.05) is 60.9 Å². The molecule has 0 saturated heterocycles. The average Bonchev–Trinajstić information content (AvgIpc) is 3.86. The smallest absolute Gasteiger partial charge is 0.320 e. The topological polar surface area (TPSA) is 258 Å². The van der Waals surface area contributed by atoms with E-state index >= 15 is 0 Å². The lowest BCUT2D eigenvalue weighted by Crippen LogP contribution is -2.33. The Morgan fingerprint density at radius 3 is 1.30 bits per heavy atom. The Kier molecular flexibility index (Phi) is 18.1. The van der Waals surface area contributed by atoms with Gasteiger partial charge in [-0.3, -0.25) is 14.4 Å². The molecule has 0 aliphatic carbocycles. The van der Waals surface area contributed by atoms with E-state index in [4.69, 9.17) is 32.5 Å². The zero-order chi connectivity index (χ0) is 47.1. The van der Waals surface area contributed by atoms with Gasteiger partial charge in [0.25, 0.3) is 0 Å². The number of aliphatic carboxylic acids is 3. The van der Waals surface area contributed by atoms with E-state index < -0.39 is 41.6 Å². The molecule has 0 aliphatic heterocycles.